The highest BCUT2D eigenvalue weighted by atomic mass is 16.4. The van der Waals surface area contributed by atoms with E-state index < -0.39 is 17.9 Å². The van der Waals surface area contributed by atoms with E-state index in [1.807, 2.05) is 30.3 Å². The molecule has 1 aromatic rings. The highest BCUT2D eigenvalue weighted by molar-refractivity contribution is 5.85. The highest BCUT2D eigenvalue weighted by Crippen LogP contribution is 2.17. The van der Waals surface area contributed by atoms with Crippen LogP contribution in [0.25, 0.3) is 0 Å². The molecule has 0 aromatic heterocycles. The SMILES string of the molecule is NC(Cc1ccccc1)C(=O)N1CC(C(=O)O)C1. The van der Waals surface area contributed by atoms with Gasteiger partial charge >= 0.3 is 5.97 Å². The summed E-state index contributed by atoms with van der Waals surface area (Å²) >= 11 is 0. The van der Waals surface area contributed by atoms with Gasteiger partial charge in [-0.1, -0.05) is 30.3 Å². The number of carbonyl (C=O) groups excluding carboxylic acids is 1. The van der Waals surface area contributed by atoms with E-state index in [4.69, 9.17) is 10.8 Å². The van der Waals surface area contributed by atoms with Crippen molar-refractivity contribution in [1.29, 1.82) is 0 Å². The fourth-order valence-electron chi connectivity index (χ4n) is 2.00. The standard InChI is InChI=1S/C13H16N2O3/c14-11(6-9-4-2-1-3-5-9)12(16)15-7-10(8-15)13(17)18/h1-5,10-11H,6-8,14H2,(H,17,18). The molecule has 18 heavy (non-hydrogen) atoms. The topological polar surface area (TPSA) is 83.6 Å². The van der Waals surface area contributed by atoms with Crippen LogP contribution in [0.1, 0.15) is 5.56 Å². The van der Waals surface area contributed by atoms with Gasteiger partial charge in [-0.25, -0.2) is 0 Å². The van der Waals surface area contributed by atoms with Gasteiger partial charge in [0, 0.05) is 13.1 Å². The first-order valence-electron chi connectivity index (χ1n) is 5.89. The van der Waals surface area contributed by atoms with Crippen LogP contribution in [0.5, 0.6) is 0 Å². The Morgan fingerprint density at radius 1 is 1.33 bits per heavy atom. The number of nitrogens with zero attached hydrogens (tertiary/aromatic N) is 1. The molecule has 0 saturated carbocycles. The normalized spacial score (nSPS) is 17.1. The first-order valence-corrected chi connectivity index (χ1v) is 5.89. The van der Waals surface area contributed by atoms with Crippen LogP contribution < -0.4 is 5.73 Å². The number of carbonyl (C=O) groups is 2. The van der Waals surface area contributed by atoms with Crippen LogP contribution in [0.3, 0.4) is 0 Å². The minimum Gasteiger partial charge on any atom is -0.481 e. The summed E-state index contributed by atoms with van der Waals surface area (Å²) in [6.07, 6.45) is 0.480. The Morgan fingerprint density at radius 3 is 2.50 bits per heavy atom. The lowest BCUT2D eigenvalue weighted by Crippen LogP contribution is -2.57. The van der Waals surface area contributed by atoms with E-state index in [1.165, 1.54) is 4.90 Å². The Morgan fingerprint density at radius 2 is 1.94 bits per heavy atom. The Balaban J connectivity index is 1.85. The Bertz CT molecular complexity index is 441. The average molecular weight is 248 g/mol. The monoisotopic (exact) mass is 248 g/mol. The van der Waals surface area contributed by atoms with Gasteiger partial charge in [0.05, 0.1) is 12.0 Å². The maximum atomic E-state index is 11.9. The Kier molecular flexibility index (Phi) is 3.62. The van der Waals surface area contributed by atoms with Crippen molar-refractivity contribution in [3.63, 3.8) is 0 Å². The third kappa shape index (κ3) is 2.68. The number of nitrogens with two attached hydrogens (primary N) is 1. The molecule has 3 N–H and O–H groups in total. The van der Waals surface area contributed by atoms with E-state index in [1.54, 1.807) is 0 Å². The van der Waals surface area contributed by atoms with Gasteiger partial charge < -0.3 is 15.7 Å². The second-order valence-corrected chi connectivity index (χ2v) is 4.57. The van der Waals surface area contributed by atoms with Crippen LogP contribution in [-0.2, 0) is 16.0 Å². The number of aliphatic carboxylic acids is 1. The second kappa shape index (κ2) is 5.18. The number of hydrogen-bond acceptors (Lipinski definition) is 3. The first kappa shape index (κ1) is 12.6. The predicted molar refractivity (Wildman–Crippen MR) is 65.8 cm³/mol. The lowest BCUT2D eigenvalue weighted by molar-refractivity contribution is -0.153. The minimum atomic E-state index is -0.851. The summed E-state index contributed by atoms with van der Waals surface area (Å²) in [5, 5.41) is 8.74. The number of hydrogen-bond donors (Lipinski definition) is 2. The van der Waals surface area contributed by atoms with Crippen molar-refractivity contribution in [3.05, 3.63) is 35.9 Å². The number of benzene rings is 1. The van der Waals surface area contributed by atoms with Crippen LogP contribution in [0.2, 0.25) is 0 Å². The predicted octanol–water partition coefficient (Wildman–Crippen LogP) is 0.0994. The summed E-state index contributed by atoms with van der Waals surface area (Å²) in [6, 6.07) is 8.95. The van der Waals surface area contributed by atoms with Crippen LogP contribution in [-0.4, -0.2) is 41.0 Å². The van der Waals surface area contributed by atoms with Gasteiger partial charge in [-0.3, -0.25) is 9.59 Å². The van der Waals surface area contributed by atoms with E-state index in [0.717, 1.165) is 5.56 Å². The molecule has 1 amide bonds. The number of rotatable bonds is 4. The molecule has 1 fully saturated rings. The Hall–Kier alpha value is -1.88. The van der Waals surface area contributed by atoms with Gasteiger partial charge in [-0.05, 0) is 12.0 Å². The summed E-state index contributed by atoms with van der Waals surface area (Å²) in [5.41, 5.74) is 6.85. The van der Waals surface area contributed by atoms with E-state index >= 15 is 0 Å². The van der Waals surface area contributed by atoms with Crippen molar-refractivity contribution < 1.29 is 14.7 Å². The molecule has 1 aliphatic heterocycles. The molecule has 5 heteroatoms. The molecule has 0 spiro atoms. The molecule has 0 radical (unpaired) electrons. The van der Waals surface area contributed by atoms with Crippen molar-refractivity contribution in [2.24, 2.45) is 11.7 Å². The molecule has 1 aliphatic rings. The summed E-state index contributed by atoms with van der Waals surface area (Å²) in [4.78, 5) is 24.1. The van der Waals surface area contributed by atoms with Crippen molar-refractivity contribution in [3.8, 4) is 0 Å². The maximum absolute atomic E-state index is 11.9. The zero-order valence-corrected chi connectivity index (χ0v) is 9.95. The fraction of sp³-hybridized carbons (Fsp3) is 0.385. The van der Waals surface area contributed by atoms with E-state index in [-0.39, 0.29) is 19.0 Å². The van der Waals surface area contributed by atoms with Gasteiger partial charge in [-0.2, -0.15) is 0 Å². The van der Waals surface area contributed by atoms with Gasteiger partial charge in [0.1, 0.15) is 0 Å². The number of likely N-dealkylation sites (tertiary alicyclic amines) is 1. The average Bonchev–Trinajstić information content (AvgIpc) is 2.27. The van der Waals surface area contributed by atoms with Gasteiger partial charge in [0.25, 0.3) is 0 Å². The van der Waals surface area contributed by atoms with E-state index in [0.29, 0.717) is 6.42 Å². The largest absolute Gasteiger partial charge is 0.481 e. The Labute approximate surface area is 105 Å². The third-order valence-corrected chi connectivity index (χ3v) is 3.16. The molecule has 0 bridgehead atoms. The summed E-state index contributed by atoms with van der Waals surface area (Å²) < 4.78 is 0. The van der Waals surface area contributed by atoms with Crippen molar-refractivity contribution in [1.82, 2.24) is 4.90 Å². The van der Waals surface area contributed by atoms with Crippen molar-refractivity contribution in [2.75, 3.05) is 13.1 Å². The molecule has 2 rings (SSSR count). The summed E-state index contributed by atoms with van der Waals surface area (Å²) in [6.45, 7) is 0.549. The molecule has 1 heterocycles. The zero-order valence-electron chi connectivity index (χ0n) is 9.95. The number of carboxylic acids is 1. The molecule has 5 nitrogen and oxygen atoms in total. The number of carboxylic acid groups (broad SMARTS) is 1. The summed E-state index contributed by atoms with van der Waals surface area (Å²) in [5.74, 6) is -1.45. The molecule has 1 unspecified atom stereocenters. The lowest BCUT2D eigenvalue weighted by atomic mass is 9.98. The van der Waals surface area contributed by atoms with E-state index in [2.05, 4.69) is 0 Å². The van der Waals surface area contributed by atoms with Gasteiger partial charge in [0.15, 0.2) is 0 Å². The van der Waals surface area contributed by atoms with Crippen LogP contribution in [0.15, 0.2) is 30.3 Å². The molecule has 1 aromatic carbocycles. The van der Waals surface area contributed by atoms with Crippen LogP contribution in [0.4, 0.5) is 0 Å². The molecular formula is C13H16N2O3. The highest BCUT2D eigenvalue weighted by Gasteiger charge is 2.37. The minimum absolute atomic E-state index is 0.170. The zero-order chi connectivity index (χ0) is 13.1. The fourth-order valence-corrected chi connectivity index (χ4v) is 2.00. The van der Waals surface area contributed by atoms with Crippen LogP contribution >= 0.6 is 0 Å². The second-order valence-electron chi connectivity index (χ2n) is 4.57. The van der Waals surface area contributed by atoms with E-state index in [9.17, 15) is 9.59 Å². The molecule has 1 atom stereocenters. The van der Waals surface area contributed by atoms with Crippen molar-refractivity contribution >= 4 is 11.9 Å². The lowest BCUT2D eigenvalue weighted by Gasteiger charge is -2.38. The third-order valence-electron chi connectivity index (χ3n) is 3.16. The molecule has 0 aliphatic carbocycles. The molecular weight excluding hydrogens is 232 g/mol. The van der Waals surface area contributed by atoms with Crippen LogP contribution in [0, 0.1) is 5.92 Å². The summed E-state index contributed by atoms with van der Waals surface area (Å²) in [7, 11) is 0. The smallest absolute Gasteiger partial charge is 0.310 e. The van der Waals surface area contributed by atoms with Gasteiger partial charge in [-0.15, -0.1) is 0 Å². The van der Waals surface area contributed by atoms with Gasteiger partial charge in [0.2, 0.25) is 5.91 Å². The quantitative estimate of drug-likeness (QED) is 0.791. The number of amides is 1. The van der Waals surface area contributed by atoms with Crippen molar-refractivity contribution in [2.45, 2.75) is 12.5 Å². The first-order chi connectivity index (χ1) is 8.58. The molecule has 1 saturated heterocycles. The maximum Gasteiger partial charge on any atom is 0.310 e. The molecule has 96 valence electrons.